The van der Waals surface area contributed by atoms with Crippen molar-refractivity contribution in [2.24, 2.45) is 5.92 Å². The Kier molecular flexibility index (Phi) is 6.57. The Morgan fingerprint density at radius 2 is 1.75 bits per heavy atom. The molecule has 1 aliphatic heterocycles. The first-order valence-electron chi connectivity index (χ1n) is 11.8. The van der Waals surface area contributed by atoms with Crippen LogP contribution in [0.15, 0.2) is 84.2 Å². The van der Waals surface area contributed by atoms with Gasteiger partial charge in [0.05, 0.1) is 12.0 Å². The lowest BCUT2D eigenvalue weighted by Crippen LogP contribution is -2.34. The SMILES string of the molecule is Cc1ccc(N2C(=O)C[C@H](C(=O)O[C@H](C)C(=O)Nc3ccc4ccccc4c3)[C@@H]2c2cccs2)cc1. The Bertz CT molecular complexity index is 1420. The van der Waals surface area contributed by atoms with Crippen LogP contribution in [-0.2, 0) is 19.1 Å². The maximum atomic E-state index is 13.3. The Labute approximate surface area is 213 Å². The van der Waals surface area contributed by atoms with Crippen LogP contribution in [0.5, 0.6) is 0 Å². The number of hydrogen-bond acceptors (Lipinski definition) is 5. The maximum Gasteiger partial charge on any atom is 0.312 e. The van der Waals surface area contributed by atoms with Crippen molar-refractivity contribution in [1.29, 1.82) is 0 Å². The van der Waals surface area contributed by atoms with Gasteiger partial charge in [-0.05, 0) is 60.3 Å². The van der Waals surface area contributed by atoms with Gasteiger partial charge in [-0.2, -0.15) is 0 Å². The molecule has 1 saturated heterocycles. The highest BCUT2D eigenvalue weighted by atomic mass is 32.1. The highest BCUT2D eigenvalue weighted by Crippen LogP contribution is 2.43. The summed E-state index contributed by atoms with van der Waals surface area (Å²) in [6.45, 7) is 3.53. The summed E-state index contributed by atoms with van der Waals surface area (Å²) in [6.07, 6.45) is -0.995. The molecule has 1 aromatic heterocycles. The number of nitrogens with zero attached hydrogens (tertiary/aromatic N) is 1. The zero-order valence-electron chi connectivity index (χ0n) is 20.0. The summed E-state index contributed by atoms with van der Waals surface area (Å²) < 4.78 is 5.61. The average Bonchev–Trinajstić information content (AvgIpc) is 3.52. The molecule has 0 radical (unpaired) electrons. The van der Waals surface area contributed by atoms with Crippen molar-refractivity contribution in [2.45, 2.75) is 32.4 Å². The molecule has 3 atom stereocenters. The number of esters is 1. The third kappa shape index (κ3) is 4.75. The fraction of sp³-hybridized carbons (Fsp3) is 0.207. The molecule has 36 heavy (non-hydrogen) atoms. The summed E-state index contributed by atoms with van der Waals surface area (Å²) in [5.41, 5.74) is 2.45. The number of ether oxygens (including phenoxy) is 1. The topological polar surface area (TPSA) is 75.7 Å². The van der Waals surface area contributed by atoms with Crippen LogP contribution in [0.3, 0.4) is 0 Å². The average molecular weight is 499 g/mol. The zero-order chi connectivity index (χ0) is 25.2. The maximum absolute atomic E-state index is 13.3. The van der Waals surface area contributed by atoms with E-state index in [-0.39, 0.29) is 12.3 Å². The number of amides is 2. The summed E-state index contributed by atoms with van der Waals surface area (Å²) >= 11 is 1.49. The molecule has 2 heterocycles. The van der Waals surface area contributed by atoms with E-state index in [0.29, 0.717) is 5.69 Å². The van der Waals surface area contributed by atoms with Crippen LogP contribution in [0.2, 0.25) is 0 Å². The molecule has 0 unspecified atom stereocenters. The number of carbonyl (C=O) groups excluding carboxylic acids is 3. The lowest BCUT2D eigenvalue weighted by atomic mass is 9.98. The Hall–Kier alpha value is -3.97. The van der Waals surface area contributed by atoms with E-state index < -0.39 is 29.9 Å². The summed E-state index contributed by atoms with van der Waals surface area (Å²) in [4.78, 5) is 41.8. The number of hydrogen-bond donors (Lipinski definition) is 1. The summed E-state index contributed by atoms with van der Waals surface area (Å²) in [7, 11) is 0. The van der Waals surface area contributed by atoms with Gasteiger partial charge in [0.25, 0.3) is 5.91 Å². The van der Waals surface area contributed by atoms with Crippen molar-refractivity contribution in [3.05, 3.63) is 94.7 Å². The Morgan fingerprint density at radius 1 is 1.00 bits per heavy atom. The first kappa shape index (κ1) is 23.8. The summed E-state index contributed by atoms with van der Waals surface area (Å²) in [6, 6.07) is 24.5. The van der Waals surface area contributed by atoms with Gasteiger partial charge in [-0.3, -0.25) is 14.4 Å². The van der Waals surface area contributed by atoms with Crippen LogP contribution >= 0.6 is 11.3 Å². The number of carbonyl (C=O) groups is 3. The zero-order valence-corrected chi connectivity index (χ0v) is 20.8. The molecule has 2 amide bonds. The van der Waals surface area contributed by atoms with Gasteiger partial charge in [-0.25, -0.2) is 0 Å². The number of benzene rings is 3. The molecular weight excluding hydrogens is 472 g/mol. The van der Waals surface area contributed by atoms with Crippen molar-refractivity contribution < 1.29 is 19.1 Å². The predicted octanol–water partition coefficient (Wildman–Crippen LogP) is 5.87. The van der Waals surface area contributed by atoms with Crippen LogP contribution in [0, 0.1) is 12.8 Å². The molecule has 3 aromatic carbocycles. The van der Waals surface area contributed by atoms with Crippen molar-refractivity contribution in [3.63, 3.8) is 0 Å². The van der Waals surface area contributed by atoms with Crippen molar-refractivity contribution in [3.8, 4) is 0 Å². The van der Waals surface area contributed by atoms with Crippen molar-refractivity contribution in [2.75, 3.05) is 10.2 Å². The lowest BCUT2D eigenvalue weighted by molar-refractivity contribution is -0.157. The van der Waals surface area contributed by atoms with Gasteiger partial charge in [0.1, 0.15) is 0 Å². The molecule has 182 valence electrons. The first-order valence-corrected chi connectivity index (χ1v) is 12.7. The lowest BCUT2D eigenvalue weighted by Gasteiger charge is -2.27. The number of nitrogens with one attached hydrogen (secondary N) is 1. The molecule has 1 aliphatic rings. The quantitative estimate of drug-likeness (QED) is 0.337. The molecule has 0 aliphatic carbocycles. The van der Waals surface area contributed by atoms with Gasteiger partial charge in [-0.1, -0.05) is 54.1 Å². The second-order valence-corrected chi connectivity index (χ2v) is 9.98. The fourth-order valence-electron chi connectivity index (χ4n) is 4.57. The van der Waals surface area contributed by atoms with Gasteiger partial charge in [0, 0.05) is 22.7 Å². The number of anilines is 2. The van der Waals surface area contributed by atoms with E-state index in [1.807, 2.05) is 91.2 Å². The smallest absolute Gasteiger partial charge is 0.312 e. The predicted molar refractivity (Wildman–Crippen MR) is 142 cm³/mol. The van der Waals surface area contributed by atoms with Gasteiger partial charge in [-0.15, -0.1) is 11.3 Å². The summed E-state index contributed by atoms with van der Waals surface area (Å²) in [5.74, 6) is -1.84. The van der Waals surface area contributed by atoms with E-state index in [9.17, 15) is 14.4 Å². The molecule has 5 rings (SSSR count). The normalized spacial score (nSPS) is 18.3. The van der Waals surface area contributed by atoms with E-state index in [4.69, 9.17) is 4.74 Å². The Balaban J connectivity index is 1.32. The molecule has 1 fully saturated rings. The van der Waals surface area contributed by atoms with Gasteiger partial charge >= 0.3 is 5.97 Å². The van der Waals surface area contributed by atoms with E-state index >= 15 is 0 Å². The Morgan fingerprint density at radius 3 is 2.47 bits per heavy atom. The molecule has 1 N–H and O–H groups in total. The van der Waals surface area contributed by atoms with E-state index in [0.717, 1.165) is 26.9 Å². The molecule has 7 heteroatoms. The van der Waals surface area contributed by atoms with Crippen LogP contribution in [0.25, 0.3) is 10.8 Å². The van der Waals surface area contributed by atoms with Crippen molar-refractivity contribution >= 4 is 51.3 Å². The van der Waals surface area contributed by atoms with Crippen LogP contribution in [-0.4, -0.2) is 23.9 Å². The highest BCUT2D eigenvalue weighted by molar-refractivity contribution is 7.10. The highest BCUT2D eigenvalue weighted by Gasteiger charge is 2.47. The van der Waals surface area contributed by atoms with Gasteiger partial charge in [0.2, 0.25) is 5.91 Å². The van der Waals surface area contributed by atoms with E-state index in [2.05, 4.69) is 5.32 Å². The molecule has 0 saturated carbocycles. The van der Waals surface area contributed by atoms with Crippen LogP contribution in [0.4, 0.5) is 11.4 Å². The number of thiophene rings is 1. The van der Waals surface area contributed by atoms with E-state index in [1.165, 1.54) is 11.3 Å². The number of rotatable bonds is 6. The molecular formula is C29H26N2O4S. The minimum atomic E-state index is -1.02. The van der Waals surface area contributed by atoms with Crippen molar-refractivity contribution in [1.82, 2.24) is 0 Å². The second kappa shape index (κ2) is 9.95. The second-order valence-electron chi connectivity index (χ2n) is 9.00. The van der Waals surface area contributed by atoms with Crippen LogP contribution in [0.1, 0.15) is 29.8 Å². The number of fused-ring (bicyclic) bond motifs is 1. The minimum Gasteiger partial charge on any atom is -0.452 e. The first-order chi connectivity index (χ1) is 17.4. The monoisotopic (exact) mass is 498 g/mol. The third-order valence-corrected chi connectivity index (χ3v) is 7.39. The van der Waals surface area contributed by atoms with Gasteiger partial charge < -0.3 is 15.0 Å². The minimum absolute atomic E-state index is 0.0221. The largest absolute Gasteiger partial charge is 0.452 e. The van der Waals surface area contributed by atoms with E-state index in [1.54, 1.807) is 11.8 Å². The van der Waals surface area contributed by atoms with Gasteiger partial charge in [0.15, 0.2) is 6.10 Å². The third-order valence-electron chi connectivity index (χ3n) is 6.45. The van der Waals surface area contributed by atoms with Crippen LogP contribution < -0.4 is 10.2 Å². The molecule has 0 bridgehead atoms. The molecule has 0 spiro atoms. The molecule has 4 aromatic rings. The fourth-order valence-corrected chi connectivity index (χ4v) is 5.45. The summed E-state index contributed by atoms with van der Waals surface area (Å²) in [5, 5.41) is 6.82. The number of aryl methyl sites for hydroxylation is 1. The standard InChI is InChI=1S/C29H26N2O4S/c1-18-9-13-23(14-10-18)31-26(32)17-24(27(31)25-8-5-15-36-25)29(34)35-19(2)28(33)30-22-12-11-20-6-3-4-7-21(20)16-22/h3-16,19,24,27H,17H2,1-2H3,(H,30,33)/t19-,24+,27-/m1/s1. The molecule has 6 nitrogen and oxygen atoms in total.